The number of imidazole rings is 1. The van der Waals surface area contributed by atoms with Crippen LogP contribution in [-0.4, -0.2) is 19.9 Å². The molecule has 3 heterocycles. The molecule has 4 aromatic rings. The maximum atomic E-state index is 4.77. The summed E-state index contributed by atoms with van der Waals surface area (Å²) in [7, 11) is 0. The smallest absolute Gasteiger partial charge is 0.138 e. The average molecular weight is 298 g/mol. The van der Waals surface area contributed by atoms with E-state index in [1.165, 1.54) is 0 Å². The molecule has 1 aromatic carbocycles. The Bertz CT molecular complexity index is 843. The van der Waals surface area contributed by atoms with E-state index in [9.17, 15) is 0 Å². The molecule has 0 aliphatic rings. The number of H-pyrrole nitrogens is 1. The van der Waals surface area contributed by atoms with Crippen molar-refractivity contribution in [3.63, 3.8) is 0 Å². The van der Waals surface area contributed by atoms with E-state index >= 15 is 0 Å². The number of hydrogen-bond donors (Lipinski definition) is 1. The van der Waals surface area contributed by atoms with Crippen molar-refractivity contribution in [3.05, 3.63) is 79.1 Å². The molecule has 0 saturated carbocycles. The Balaban J connectivity index is 1.91. The zero-order chi connectivity index (χ0) is 15.5. The fourth-order valence-corrected chi connectivity index (χ4v) is 2.49. The van der Waals surface area contributed by atoms with Crippen LogP contribution in [0.15, 0.2) is 79.1 Å². The molecule has 0 atom stereocenters. The number of rotatable bonds is 3. The second kappa shape index (κ2) is 5.85. The number of nitrogens with one attached hydrogen (secondary N) is 1. The number of benzene rings is 1. The Labute approximate surface area is 133 Å². The Kier molecular flexibility index (Phi) is 3.41. The molecule has 0 aliphatic carbocycles. The van der Waals surface area contributed by atoms with E-state index in [-0.39, 0.29) is 0 Å². The van der Waals surface area contributed by atoms with Gasteiger partial charge in [0.05, 0.1) is 17.1 Å². The zero-order valence-electron chi connectivity index (χ0n) is 12.3. The summed E-state index contributed by atoms with van der Waals surface area (Å²) < 4.78 is 0. The fourth-order valence-electron chi connectivity index (χ4n) is 2.49. The first-order valence-corrected chi connectivity index (χ1v) is 7.40. The van der Waals surface area contributed by atoms with Gasteiger partial charge in [-0.05, 0) is 24.3 Å². The molecule has 4 nitrogen and oxygen atoms in total. The molecule has 0 amide bonds. The zero-order valence-corrected chi connectivity index (χ0v) is 12.3. The highest BCUT2D eigenvalue weighted by atomic mass is 15.0. The maximum absolute atomic E-state index is 4.77. The lowest BCUT2D eigenvalue weighted by Gasteiger charge is -2.00. The van der Waals surface area contributed by atoms with Crippen molar-refractivity contribution in [2.75, 3.05) is 0 Å². The van der Waals surface area contributed by atoms with E-state index in [1.54, 1.807) is 12.4 Å². The van der Waals surface area contributed by atoms with Crippen molar-refractivity contribution in [2.45, 2.75) is 0 Å². The highest BCUT2D eigenvalue weighted by Crippen LogP contribution is 2.30. The van der Waals surface area contributed by atoms with Gasteiger partial charge in [0.2, 0.25) is 0 Å². The number of pyridine rings is 2. The lowest BCUT2D eigenvalue weighted by molar-refractivity contribution is 1.27. The molecule has 0 fully saturated rings. The molecule has 0 saturated heterocycles. The summed E-state index contributed by atoms with van der Waals surface area (Å²) >= 11 is 0. The molecule has 0 bridgehead atoms. The molecule has 0 spiro atoms. The average Bonchev–Trinajstić information content (AvgIpc) is 3.09. The number of nitrogens with zero attached hydrogens (tertiary/aromatic N) is 3. The van der Waals surface area contributed by atoms with E-state index in [0.717, 1.165) is 34.2 Å². The minimum atomic E-state index is 0.808. The molecule has 0 radical (unpaired) electrons. The summed E-state index contributed by atoms with van der Waals surface area (Å²) in [5.41, 5.74) is 4.40. The van der Waals surface area contributed by atoms with Crippen LogP contribution in [0.3, 0.4) is 0 Å². The van der Waals surface area contributed by atoms with Gasteiger partial charge in [-0.3, -0.25) is 9.97 Å². The first-order valence-electron chi connectivity index (χ1n) is 7.40. The predicted molar refractivity (Wildman–Crippen MR) is 90.5 cm³/mol. The molecule has 23 heavy (non-hydrogen) atoms. The van der Waals surface area contributed by atoms with Gasteiger partial charge in [-0.25, -0.2) is 4.98 Å². The monoisotopic (exact) mass is 298 g/mol. The lowest BCUT2D eigenvalue weighted by Crippen LogP contribution is -1.88. The quantitative estimate of drug-likeness (QED) is 0.616. The predicted octanol–water partition coefficient (Wildman–Crippen LogP) is 4.20. The third-order valence-corrected chi connectivity index (χ3v) is 3.58. The van der Waals surface area contributed by atoms with Gasteiger partial charge in [0.25, 0.3) is 0 Å². The topological polar surface area (TPSA) is 54.5 Å². The van der Waals surface area contributed by atoms with Crippen LogP contribution in [-0.2, 0) is 0 Å². The van der Waals surface area contributed by atoms with Gasteiger partial charge in [0.1, 0.15) is 11.5 Å². The van der Waals surface area contributed by atoms with Gasteiger partial charge in [0.15, 0.2) is 0 Å². The minimum absolute atomic E-state index is 0.808. The first-order chi connectivity index (χ1) is 11.4. The minimum Gasteiger partial charge on any atom is -0.336 e. The molecule has 0 unspecified atom stereocenters. The maximum Gasteiger partial charge on any atom is 0.138 e. The van der Waals surface area contributed by atoms with Gasteiger partial charge in [-0.15, -0.1) is 0 Å². The third-order valence-electron chi connectivity index (χ3n) is 3.58. The number of aromatic nitrogens is 4. The van der Waals surface area contributed by atoms with Crippen molar-refractivity contribution in [1.29, 1.82) is 0 Å². The van der Waals surface area contributed by atoms with E-state index in [4.69, 9.17) is 4.98 Å². The second-order valence-corrected chi connectivity index (χ2v) is 5.10. The van der Waals surface area contributed by atoms with Gasteiger partial charge < -0.3 is 4.98 Å². The number of hydrogen-bond acceptors (Lipinski definition) is 3. The lowest BCUT2D eigenvalue weighted by atomic mass is 10.2. The molecule has 4 rings (SSSR count). The van der Waals surface area contributed by atoms with E-state index in [1.807, 2.05) is 66.7 Å². The van der Waals surface area contributed by atoms with Crippen LogP contribution < -0.4 is 0 Å². The van der Waals surface area contributed by atoms with E-state index < -0.39 is 0 Å². The van der Waals surface area contributed by atoms with Gasteiger partial charge in [-0.1, -0.05) is 42.5 Å². The third kappa shape index (κ3) is 2.62. The highest BCUT2D eigenvalue weighted by Gasteiger charge is 2.16. The van der Waals surface area contributed by atoms with Crippen molar-refractivity contribution in [3.8, 4) is 34.2 Å². The molecular weight excluding hydrogens is 284 g/mol. The molecule has 1 N–H and O–H groups in total. The van der Waals surface area contributed by atoms with Gasteiger partial charge in [-0.2, -0.15) is 0 Å². The van der Waals surface area contributed by atoms with Crippen LogP contribution in [0.1, 0.15) is 0 Å². The fraction of sp³-hybridized carbons (Fsp3) is 0. The van der Waals surface area contributed by atoms with E-state index in [0.29, 0.717) is 0 Å². The van der Waals surface area contributed by atoms with Crippen LogP contribution in [0.2, 0.25) is 0 Å². The molecule has 110 valence electrons. The standard InChI is InChI=1S/C19H14N4/c1-2-8-14(9-3-1)19-22-17(15-10-4-6-12-20-15)18(23-19)16-11-5-7-13-21-16/h1-13H,(H,22,23). The van der Waals surface area contributed by atoms with Gasteiger partial charge in [0, 0.05) is 18.0 Å². The summed E-state index contributed by atoms with van der Waals surface area (Å²) in [6, 6.07) is 21.7. The Morgan fingerprint density at radius 1 is 0.652 bits per heavy atom. The van der Waals surface area contributed by atoms with Gasteiger partial charge >= 0.3 is 0 Å². The van der Waals surface area contributed by atoms with Crippen molar-refractivity contribution in [1.82, 2.24) is 19.9 Å². The van der Waals surface area contributed by atoms with Crippen LogP contribution in [0, 0.1) is 0 Å². The largest absolute Gasteiger partial charge is 0.336 e. The van der Waals surface area contributed by atoms with Crippen LogP contribution in [0.4, 0.5) is 0 Å². The summed E-state index contributed by atoms with van der Waals surface area (Å²) in [6.07, 6.45) is 3.55. The van der Waals surface area contributed by atoms with Crippen LogP contribution >= 0.6 is 0 Å². The molecule has 4 heteroatoms. The Morgan fingerprint density at radius 3 is 1.96 bits per heavy atom. The van der Waals surface area contributed by atoms with Crippen molar-refractivity contribution in [2.24, 2.45) is 0 Å². The Hall–Kier alpha value is -3.27. The summed E-state index contributed by atoms with van der Waals surface area (Å²) in [4.78, 5) is 17.0. The van der Waals surface area contributed by atoms with Crippen molar-refractivity contribution >= 4 is 0 Å². The van der Waals surface area contributed by atoms with Crippen LogP contribution in [0.25, 0.3) is 34.2 Å². The first kappa shape index (κ1) is 13.4. The summed E-state index contributed by atoms with van der Waals surface area (Å²) in [5.74, 6) is 0.812. The molecular formula is C19H14N4. The van der Waals surface area contributed by atoms with E-state index in [2.05, 4.69) is 15.0 Å². The molecule has 3 aromatic heterocycles. The molecule has 0 aliphatic heterocycles. The van der Waals surface area contributed by atoms with Crippen LogP contribution in [0.5, 0.6) is 0 Å². The summed E-state index contributed by atoms with van der Waals surface area (Å²) in [5, 5.41) is 0. The second-order valence-electron chi connectivity index (χ2n) is 5.10. The normalized spacial score (nSPS) is 10.6. The Morgan fingerprint density at radius 2 is 1.30 bits per heavy atom. The number of aromatic amines is 1. The highest BCUT2D eigenvalue weighted by molar-refractivity contribution is 5.77. The van der Waals surface area contributed by atoms with Crippen molar-refractivity contribution < 1.29 is 0 Å². The summed E-state index contributed by atoms with van der Waals surface area (Å²) in [6.45, 7) is 0. The SMILES string of the molecule is c1ccc(-c2nc(-c3ccccn3)c(-c3ccccn3)[nH]2)cc1.